The van der Waals surface area contributed by atoms with Gasteiger partial charge in [-0.2, -0.15) is 0 Å². The number of unbranched alkanes of at least 4 members (excludes halogenated alkanes) is 2. The maximum absolute atomic E-state index is 14.7. The lowest BCUT2D eigenvalue weighted by Crippen LogP contribution is -2.63. The Hall–Kier alpha value is -7.39. The second-order valence-electron chi connectivity index (χ2n) is 22.3. The van der Waals surface area contributed by atoms with Crippen molar-refractivity contribution in [3.63, 3.8) is 0 Å². The number of ketones is 1. The molecule has 24 nitrogen and oxygen atoms in total. The molecule has 3 saturated heterocycles. The van der Waals surface area contributed by atoms with Crippen LogP contribution in [0.1, 0.15) is 88.2 Å². The fraction of sp³-hybridized carbons (Fsp3) is 0.492. The summed E-state index contributed by atoms with van der Waals surface area (Å²) < 4.78 is 5.86. The van der Waals surface area contributed by atoms with Crippen molar-refractivity contribution in [2.45, 2.75) is 145 Å². The lowest BCUT2D eigenvalue weighted by molar-refractivity contribution is -0.148. The summed E-state index contributed by atoms with van der Waals surface area (Å²) in [7, 11) is 0. The third kappa shape index (κ3) is 16.1. The first kappa shape index (κ1) is 65.2. The molecule has 3 aliphatic heterocycles. The van der Waals surface area contributed by atoms with Crippen LogP contribution in [0.4, 0.5) is 0 Å². The van der Waals surface area contributed by atoms with Gasteiger partial charge in [0, 0.05) is 56.9 Å². The Balaban J connectivity index is 1.21. The van der Waals surface area contributed by atoms with Crippen molar-refractivity contribution in [2.75, 3.05) is 32.8 Å². The summed E-state index contributed by atoms with van der Waals surface area (Å²) in [4.78, 5) is 104. The van der Waals surface area contributed by atoms with Gasteiger partial charge < -0.3 is 82.4 Å². The van der Waals surface area contributed by atoms with Crippen molar-refractivity contribution in [2.24, 2.45) is 17.6 Å². The van der Waals surface area contributed by atoms with Crippen LogP contribution in [0.5, 0.6) is 11.5 Å². The molecule has 3 heterocycles. The van der Waals surface area contributed by atoms with E-state index < -0.39 is 158 Å². The van der Waals surface area contributed by atoms with E-state index in [0.29, 0.717) is 6.61 Å². The predicted octanol–water partition coefficient (Wildman–Crippen LogP) is -0.280. The molecule has 4 aromatic carbocycles. The Labute approximate surface area is 492 Å². The van der Waals surface area contributed by atoms with Crippen LogP contribution in [0.2, 0.25) is 0 Å². The summed E-state index contributed by atoms with van der Waals surface area (Å²) in [6, 6.07) is 17.9. The second kappa shape index (κ2) is 29.6. The molecular weight excluding hydrogens is 1100 g/mol. The monoisotopic (exact) mass is 1180 g/mol. The number of rotatable bonds is 17. The maximum Gasteiger partial charge on any atom is 0.251 e. The normalized spacial score (nSPS) is 27.1. The van der Waals surface area contributed by atoms with Crippen LogP contribution in [-0.2, 0) is 28.8 Å². The van der Waals surface area contributed by atoms with Gasteiger partial charge in [-0.25, -0.2) is 0 Å². The predicted molar refractivity (Wildman–Crippen MR) is 309 cm³/mol. The molecule has 0 aliphatic carbocycles. The van der Waals surface area contributed by atoms with E-state index in [2.05, 4.69) is 33.5 Å². The van der Waals surface area contributed by atoms with E-state index >= 15 is 0 Å². The minimum Gasteiger partial charge on any atom is -0.508 e. The average Bonchev–Trinajstić information content (AvgIpc) is 3.51. The molecule has 0 saturated carbocycles. The van der Waals surface area contributed by atoms with E-state index in [1.807, 2.05) is 48.5 Å². The average molecular weight is 1180 g/mol. The summed E-state index contributed by atoms with van der Waals surface area (Å²) >= 11 is 0. The number of carbonyl (C=O) groups is 7. The Morgan fingerprint density at radius 2 is 1.26 bits per heavy atom. The molecule has 0 spiro atoms. The van der Waals surface area contributed by atoms with Crippen LogP contribution < -0.4 is 37.1 Å². The lowest BCUT2D eigenvalue weighted by atomic mass is 9.86. The van der Waals surface area contributed by atoms with E-state index in [4.69, 9.17) is 10.5 Å². The second-order valence-corrected chi connectivity index (χ2v) is 22.3. The topological polar surface area (TPSA) is 383 Å². The van der Waals surface area contributed by atoms with Crippen LogP contribution >= 0.6 is 0 Å². The maximum atomic E-state index is 14.7. The van der Waals surface area contributed by atoms with Gasteiger partial charge in [0.1, 0.15) is 47.9 Å². The van der Waals surface area contributed by atoms with Gasteiger partial charge in [0.15, 0.2) is 5.78 Å². The number of aliphatic hydroxyl groups is 7. The number of phenolic OH excluding ortho intramolecular Hbond substituents is 1. The highest BCUT2D eigenvalue weighted by molar-refractivity contribution is 6.00. The number of amides is 6. The number of hydrogen-bond acceptors (Lipinski definition) is 18. The van der Waals surface area contributed by atoms with Crippen molar-refractivity contribution < 1.29 is 79.2 Å². The minimum absolute atomic E-state index is 0.0233. The summed E-state index contributed by atoms with van der Waals surface area (Å²) in [5, 5.41) is 103. The Bertz CT molecular complexity index is 2930. The van der Waals surface area contributed by atoms with Gasteiger partial charge in [-0.1, -0.05) is 87.4 Å². The van der Waals surface area contributed by atoms with Gasteiger partial charge in [-0.3, -0.25) is 38.9 Å². The van der Waals surface area contributed by atoms with Gasteiger partial charge in [0.05, 0.1) is 55.2 Å². The molecule has 3 fully saturated rings. The molecule has 0 bridgehead atoms. The Kier molecular flexibility index (Phi) is 22.7. The number of aromatic hydroxyl groups is 1. The number of phenols is 1. The van der Waals surface area contributed by atoms with Crippen LogP contribution in [0.25, 0.3) is 22.3 Å². The molecule has 0 aromatic heterocycles. The van der Waals surface area contributed by atoms with Crippen LogP contribution in [0, 0.1) is 11.8 Å². The molecule has 15 atom stereocenters. The highest BCUT2D eigenvalue weighted by Crippen LogP contribution is 2.32. The molecule has 24 heteroatoms. The Morgan fingerprint density at radius 3 is 1.82 bits per heavy atom. The summed E-state index contributed by atoms with van der Waals surface area (Å²) in [6.45, 7) is 5.63. The number of nitrogens with two attached hydrogens (primary N) is 1. The summed E-state index contributed by atoms with van der Waals surface area (Å²) in [5.41, 5.74) is 9.37. The van der Waals surface area contributed by atoms with Crippen LogP contribution in [-0.4, -0.2) is 198 Å². The molecular formula is C61H80N8O16. The molecule has 6 amide bonds. The molecule has 15 N–H and O–H groups in total. The largest absolute Gasteiger partial charge is 0.508 e. The molecule has 460 valence electrons. The van der Waals surface area contributed by atoms with E-state index in [1.165, 1.54) is 43.3 Å². The number of benzene rings is 4. The van der Waals surface area contributed by atoms with Crippen molar-refractivity contribution in [3.05, 3.63) is 108 Å². The number of ether oxygens (including phenoxy) is 1. The molecule has 3 aliphatic rings. The first-order chi connectivity index (χ1) is 40.5. The zero-order valence-corrected chi connectivity index (χ0v) is 48.0. The van der Waals surface area contributed by atoms with Gasteiger partial charge in [0.25, 0.3) is 5.91 Å². The number of hydrogen-bond donors (Lipinski definition) is 14. The number of carbonyl (C=O) groups excluding carboxylic acids is 7. The number of fused-ring (bicyclic) bond motifs is 2. The van der Waals surface area contributed by atoms with Crippen molar-refractivity contribution in [1.29, 1.82) is 0 Å². The summed E-state index contributed by atoms with van der Waals surface area (Å²) in [5.74, 6) is -9.68. The first-order valence-electron chi connectivity index (χ1n) is 28.8. The highest BCUT2D eigenvalue weighted by atomic mass is 16.5. The number of aliphatic hydroxyl groups excluding tert-OH is 7. The smallest absolute Gasteiger partial charge is 0.251 e. The standard InChI is InChI=1S/C61H80N8O16/c1-5-6-7-26-85-43-22-18-38(19-23-43)36-10-8-35(9-11-36)37-12-14-40(15-13-37)56(79)64-45-29-48(75)55(63-25-24-62)67-59(82)51-52(76)32(2)30-69(51)61(84)50(34(4)71)65-57(80)44(54(78)53(77)39-16-20-41(72)21-17-39)28-47(74)46-27-42(73)31-68(46)60(83)49(33(3)70)66-58(45)81/h8-23,32-34,42,44-46,48-55,63,70-73,75-78H,5-7,24-31,62H2,1-4H3,(H,64,79)(H,65,80)(H,66,81)(H,67,82)/t32-,33+,34+,42+,44?,45-,46?,48+,49?,50?,51?,52-,53-,54-,55?/m0/s1. The van der Waals surface area contributed by atoms with Gasteiger partial charge in [-0.05, 0) is 84.5 Å². The summed E-state index contributed by atoms with van der Waals surface area (Å²) in [6.07, 6.45) is -12.9. The van der Waals surface area contributed by atoms with Crippen molar-refractivity contribution in [1.82, 2.24) is 36.4 Å². The van der Waals surface area contributed by atoms with E-state index in [-0.39, 0.29) is 36.5 Å². The highest BCUT2D eigenvalue weighted by Gasteiger charge is 2.50. The SMILES string of the molecule is CCCCCOc1ccc(-c2ccc(-c3ccc(C(=O)N[C@H]4C[C@@H](O)C(NCCN)NC(=O)C5[C@@H](O)[C@@H](C)CN5C(=O)C([C@@H](C)O)NC(=O)C([C@H](O)[C@@H](O)c5ccc(O)cc5)CC(=O)C5C[C@@H](O)CN5C(=O)C([C@@H](C)O)NC4=O)cc3)cc2)cc1. The van der Waals surface area contributed by atoms with E-state index in [0.717, 1.165) is 70.9 Å². The third-order valence-corrected chi connectivity index (χ3v) is 15.9. The minimum atomic E-state index is -2.17. The molecule has 85 heavy (non-hydrogen) atoms. The first-order valence-corrected chi connectivity index (χ1v) is 28.8. The number of nitrogens with zero attached hydrogens (tertiary/aromatic N) is 2. The molecule has 4 aromatic rings. The molecule has 0 radical (unpaired) electrons. The van der Waals surface area contributed by atoms with E-state index in [1.54, 1.807) is 12.1 Å². The fourth-order valence-corrected chi connectivity index (χ4v) is 10.9. The van der Waals surface area contributed by atoms with Crippen molar-refractivity contribution in [3.8, 4) is 33.8 Å². The van der Waals surface area contributed by atoms with Gasteiger partial charge >= 0.3 is 0 Å². The molecule has 6 unspecified atom stereocenters. The number of nitrogens with one attached hydrogen (secondary N) is 5. The Morgan fingerprint density at radius 1 is 0.706 bits per heavy atom. The van der Waals surface area contributed by atoms with Crippen molar-refractivity contribution >= 4 is 41.2 Å². The lowest BCUT2D eigenvalue weighted by Gasteiger charge is -2.34. The zero-order valence-electron chi connectivity index (χ0n) is 48.0. The van der Waals surface area contributed by atoms with E-state index in [9.17, 15) is 74.4 Å². The number of Topliss-reactive ketones (excluding diaryl/α,β-unsaturated/α-hetero) is 1. The zero-order chi connectivity index (χ0) is 61.8. The quantitative estimate of drug-likeness (QED) is 0.0605. The van der Waals surface area contributed by atoms with Crippen LogP contribution in [0.15, 0.2) is 97.1 Å². The third-order valence-electron chi connectivity index (χ3n) is 15.9. The fourth-order valence-electron chi connectivity index (χ4n) is 10.9. The molecule has 7 rings (SSSR count). The van der Waals surface area contributed by atoms with Gasteiger partial charge in [-0.15, -0.1) is 0 Å². The van der Waals surface area contributed by atoms with Crippen LogP contribution in [0.3, 0.4) is 0 Å². The van der Waals surface area contributed by atoms with Gasteiger partial charge in [0.2, 0.25) is 29.5 Å².